The largest absolute Gasteiger partial charge is 0.310 e. The third-order valence-electron chi connectivity index (χ3n) is 12.5. The summed E-state index contributed by atoms with van der Waals surface area (Å²) in [5.74, 6) is 0. The Labute approximate surface area is 364 Å². The molecule has 0 saturated heterocycles. The first-order valence-corrected chi connectivity index (χ1v) is 22.1. The fourth-order valence-electron chi connectivity index (χ4n) is 9.60. The van der Waals surface area contributed by atoms with Crippen molar-refractivity contribution in [3.8, 4) is 22.3 Å². The number of nitrogens with zero attached hydrogens (tertiary/aromatic N) is 1. The first kappa shape index (κ1) is 36.1. The van der Waals surface area contributed by atoms with Crippen LogP contribution in [0.4, 0.5) is 17.1 Å². The van der Waals surface area contributed by atoms with E-state index >= 15 is 0 Å². The molecule has 1 heterocycles. The van der Waals surface area contributed by atoms with Crippen LogP contribution in [0.2, 0.25) is 0 Å². The lowest BCUT2D eigenvalue weighted by atomic mass is 9.93. The summed E-state index contributed by atoms with van der Waals surface area (Å²) in [5, 5.41) is 14.8. The van der Waals surface area contributed by atoms with Crippen molar-refractivity contribution in [2.45, 2.75) is 0 Å². The number of hydrogen-bond donors (Lipinski definition) is 0. The van der Waals surface area contributed by atoms with Gasteiger partial charge in [0.1, 0.15) is 0 Å². The summed E-state index contributed by atoms with van der Waals surface area (Å²) in [5.41, 5.74) is 8.03. The molecule has 0 unspecified atom stereocenters. The third kappa shape index (κ3) is 6.07. The molecule has 1 aromatic heterocycles. The summed E-state index contributed by atoms with van der Waals surface area (Å²) < 4.78 is 2.60. The average Bonchev–Trinajstić information content (AvgIpc) is 3.72. The van der Waals surface area contributed by atoms with Gasteiger partial charge in [-0.2, -0.15) is 0 Å². The number of para-hydroxylation sites is 1. The van der Waals surface area contributed by atoms with Gasteiger partial charge in [0.2, 0.25) is 0 Å². The minimum absolute atomic E-state index is 1.09. The molecule has 0 aliphatic rings. The molecular formula is C60H39NS. The van der Waals surface area contributed by atoms with Crippen LogP contribution in [0.25, 0.3) is 96.3 Å². The molecule has 0 saturated carbocycles. The lowest BCUT2D eigenvalue weighted by Crippen LogP contribution is -2.11. The van der Waals surface area contributed by atoms with Crippen molar-refractivity contribution in [1.29, 1.82) is 0 Å². The quantitative estimate of drug-likeness (QED) is 0.167. The van der Waals surface area contributed by atoms with Gasteiger partial charge < -0.3 is 4.90 Å². The van der Waals surface area contributed by atoms with Crippen LogP contribution < -0.4 is 4.90 Å². The Hall–Kier alpha value is -7.78. The molecule has 62 heavy (non-hydrogen) atoms. The molecule has 12 aromatic rings. The normalized spacial score (nSPS) is 11.5. The second-order valence-corrected chi connectivity index (χ2v) is 17.1. The van der Waals surface area contributed by atoms with Gasteiger partial charge in [0.25, 0.3) is 0 Å². The summed E-state index contributed by atoms with van der Waals surface area (Å²) in [4.78, 5) is 2.44. The van der Waals surface area contributed by atoms with E-state index in [1.54, 1.807) is 0 Å². The van der Waals surface area contributed by atoms with Crippen LogP contribution in [0.15, 0.2) is 237 Å². The van der Waals surface area contributed by atoms with Gasteiger partial charge in [-0.3, -0.25) is 0 Å². The summed E-state index contributed by atoms with van der Waals surface area (Å²) in [7, 11) is 0. The van der Waals surface area contributed by atoms with E-state index in [2.05, 4.69) is 241 Å². The van der Waals surface area contributed by atoms with Crippen LogP contribution in [-0.2, 0) is 0 Å². The maximum absolute atomic E-state index is 2.47. The van der Waals surface area contributed by atoms with Crippen molar-refractivity contribution in [1.82, 2.24) is 0 Å². The van der Waals surface area contributed by atoms with Gasteiger partial charge in [-0.05, 0) is 119 Å². The van der Waals surface area contributed by atoms with E-state index in [-0.39, 0.29) is 0 Å². The molecule has 0 aliphatic carbocycles. The van der Waals surface area contributed by atoms with Crippen LogP contribution in [0, 0.1) is 0 Å². The monoisotopic (exact) mass is 805 g/mol. The number of fused-ring (bicyclic) bond motifs is 13. The van der Waals surface area contributed by atoms with E-state index in [0.717, 1.165) is 17.1 Å². The van der Waals surface area contributed by atoms with Gasteiger partial charge in [-0.1, -0.05) is 188 Å². The van der Waals surface area contributed by atoms with E-state index in [1.165, 1.54) is 96.3 Å². The van der Waals surface area contributed by atoms with Crippen molar-refractivity contribution < 1.29 is 0 Å². The van der Waals surface area contributed by atoms with Gasteiger partial charge in [-0.15, -0.1) is 11.3 Å². The first-order chi connectivity index (χ1) is 30.8. The van der Waals surface area contributed by atoms with E-state index in [9.17, 15) is 0 Å². The van der Waals surface area contributed by atoms with Gasteiger partial charge in [0, 0.05) is 37.1 Å². The van der Waals surface area contributed by atoms with Crippen molar-refractivity contribution in [2.75, 3.05) is 4.90 Å². The predicted molar refractivity (Wildman–Crippen MR) is 270 cm³/mol. The Kier molecular flexibility index (Phi) is 8.76. The smallest absolute Gasteiger partial charge is 0.0540 e. The molecule has 1 nitrogen and oxygen atoms in total. The maximum Gasteiger partial charge on any atom is 0.0540 e. The van der Waals surface area contributed by atoms with Crippen LogP contribution >= 0.6 is 11.3 Å². The minimum atomic E-state index is 1.09. The van der Waals surface area contributed by atoms with Crippen molar-refractivity contribution in [3.05, 3.63) is 237 Å². The highest BCUT2D eigenvalue weighted by molar-refractivity contribution is 7.25. The summed E-state index contributed by atoms with van der Waals surface area (Å²) in [6, 6.07) is 87.1. The molecule has 12 rings (SSSR count). The minimum Gasteiger partial charge on any atom is -0.310 e. The molecule has 0 N–H and O–H groups in total. The molecule has 11 aromatic carbocycles. The van der Waals surface area contributed by atoms with Crippen LogP contribution in [0.5, 0.6) is 0 Å². The summed E-state index contributed by atoms with van der Waals surface area (Å²) >= 11 is 1.88. The molecule has 290 valence electrons. The number of thiophene rings is 1. The fraction of sp³-hybridized carbons (Fsp3) is 0. The molecule has 2 heteroatoms. The van der Waals surface area contributed by atoms with E-state index in [1.807, 2.05) is 11.3 Å². The zero-order chi connectivity index (χ0) is 41.0. The third-order valence-corrected chi connectivity index (χ3v) is 13.6. The first-order valence-electron chi connectivity index (χ1n) is 21.3. The van der Waals surface area contributed by atoms with Gasteiger partial charge >= 0.3 is 0 Å². The molecule has 0 radical (unpaired) electrons. The number of hydrogen-bond acceptors (Lipinski definition) is 2. The fourth-order valence-corrected chi connectivity index (χ4v) is 10.7. The van der Waals surface area contributed by atoms with Crippen molar-refractivity contribution in [3.63, 3.8) is 0 Å². The Morgan fingerprint density at radius 2 is 0.677 bits per heavy atom. The topological polar surface area (TPSA) is 3.24 Å². The average molecular weight is 806 g/mol. The molecular weight excluding hydrogens is 767 g/mol. The van der Waals surface area contributed by atoms with E-state index < -0.39 is 0 Å². The van der Waals surface area contributed by atoms with Crippen molar-refractivity contribution >= 4 is 102 Å². The molecule has 0 fully saturated rings. The van der Waals surface area contributed by atoms with Gasteiger partial charge in [-0.25, -0.2) is 0 Å². The Morgan fingerprint density at radius 1 is 0.242 bits per heavy atom. The van der Waals surface area contributed by atoms with Gasteiger partial charge in [0.05, 0.1) is 5.69 Å². The van der Waals surface area contributed by atoms with Crippen LogP contribution in [-0.4, -0.2) is 0 Å². The molecule has 0 aliphatic heterocycles. The Morgan fingerprint density at radius 3 is 1.31 bits per heavy atom. The predicted octanol–water partition coefficient (Wildman–Crippen LogP) is 17.7. The molecule has 0 amide bonds. The van der Waals surface area contributed by atoms with Gasteiger partial charge in [0.15, 0.2) is 0 Å². The number of benzene rings is 10. The highest BCUT2D eigenvalue weighted by Crippen LogP contribution is 2.45. The lowest BCUT2D eigenvalue weighted by molar-refractivity contribution is 1.29. The standard InChI is InChI=1S/C60H39NS/c1-3-17-40(18-4-1)41-31-33-43(34-32-41)61(58-29-15-13-21-45(58)42-19-5-2-6-20-42)44-35-36-52-54(37-44)50-26-11-9-24-48(50)46-22-7-8-23-47(46)49-25-10-12-27-51(49)55-38-57-53-28-14-16-30-59(53)62-60(57)39-56(52)55/h1-39H. The number of rotatable bonds is 5. The molecule has 0 spiro atoms. The summed E-state index contributed by atoms with van der Waals surface area (Å²) in [6.07, 6.45) is 0. The zero-order valence-corrected chi connectivity index (χ0v) is 34.7. The zero-order valence-electron chi connectivity index (χ0n) is 33.9. The highest BCUT2D eigenvalue weighted by atomic mass is 32.1. The molecule has 0 bridgehead atoms. The Bertz CT molecular complexity index is 3740. The van der Waals surface area contributed by atoms with Crippen LogP contribution in [0.3, 0.4) is 0 Å². The SMILES string of the molecule is c1ccc(-c2ccc(N(c3ccc4c(c3)c3ccccc3c3ccccc3c3ccccc3c3cc5c(cc43)sc3ccccc35)c3ccccc3-c3ccccc3)cc2)cc1. The summed E-state index contributed by atoms with van der Waals surface area (Å²) in [6.45, 7) is 0. The molecule has 0 atom stereocenters. The second kappa shape index (κ2) is 15.0. The Balaban J connectivity index is 1.24. The lowest BCUT2D eigenvalue weighted by Gasteiger charge is -2.28. The number of anilines is 3. The van der Waals surface area contributed by atoms with E-state index in [4.69, 9.17) is 0 Å². The second-order valence-electron chi connectivity index (χ2n) is 16.0. The van der Waals surface area contributed by atoms with Crippen LogP contribution in [0.1, 0.15) is 0 Å². The van der Waals surface area contributed by atoms with Crippen molar-refractivity contribution in [2.24, 2.45) is 0 Å². The van der Waals surface area contributed by atoms with E-state index in [0.29, 0.717) is 0 Å². The highest BCUT2D eigenvalue weighted by Gasteiger charge is 2.19. The maximum atomic E-state index is 2.47.